The average Bonchev–Trinajstić information content (AvgIpc) is 3.60. The summed E-state index contributed by atoms with van der Waals surface area (Å²) in [6.45, 7) is 18.0. The van der Waals surface area contributed by atoms with Gasteiger partial charge in [-0.15, -0.1) is 0 Å². The quantitative estimate of drug-likeness (QED) is 0.351. The summed E-state index contributed by atoms with van der Waals surface area (Å²) < 4.78 is 19.3. The molecular formula is C39H60N2O8. The molecule has 0 bridgehead atoms. The number of amides is 2. The molecule has 0 radical (unpaired) electrons. The first-order valence-electron chi connectivity index (χ1n) is 19.5. The number of carbonyl (C=O) groups excluding carboxylic acids is 2. The van der Waals surface area contributed by atoms with Crippen molar-refractivity contribution in [1.82, 2.24) is 9.80 Å². The first-order chi connectivity index (χ1) is 23.0. The van der Waals surface area contributed by atoms with Crippen LogP contribution in [0.5, 0.6) is 0 Å². The zero-order valence-corrected chi connectivity index (χ0v) is 30.8. The van der Waals surface area contributed by atoms with Crippen molar-refractivity contribution in [1.29, 1.82) is 0 Å². The number of aliphatic hydroxyl groups is 1. The van der Waals surface area contributed by atoms with Gasteiger partial charge in [0.2, 0.25) is 0 Å². The molecule has 5 aliphatic carbocycles. The number of rotatable bonds is 5. The molecule has 10 nitrogen and oxygen atoms in total. The molecule has 0 aromatic rings. The molecule has 8 aliphatic rings. The van der Waals surface area contributed by atoms with Gasteiger partial charge >= 0.3 is 18.2 Å². The van der Waals surface area contributed by atoms with E-state index in [1.807, 2.05) is 0 Å². The van der Waals surface area contributed by atoms with Crippen LogP contribution in [0.3, 0.4) is 0 Å². The lowest BCUT2D eigenvalue weighted by Crippen LogP contribution is -2.60. The van der Waals surface area contributed by atoms with Gasteiger partial charge in [0.05, 0.1) is 24.2 Å². The predicted octanol–water partition coefficient (Wildman–Crippen LogP) is 6.19. The van der Waals surface area contributed by atoms with Gasteiger partial charge in [0.1, 0.15) is 12.2 Å². The molecule has 8 rings (SSSR count). The van der Waals surface area contributed by atoms with Crippen LogP contribution >= 0.6 is 0 Å². The second-order valence-corrected chi connectivity index (χ2v) is 19.3. The highest BCUT2D eigenvalue weighted by atomic mass is 16.6. The number of aliphatic hydroxyl groups excluding tert-OH is 1. The molecule has 13 atom stereocenters. The van der Waals surface area contributed by atoms with Gasteiger partial charge in [0.25, 0.3) is 0 Å². The van der Waals surface area contributed by atoms with E-state index in [9.17, 15) is 24.6 Å². The van der Waals surface area contributed by atoms with E-state index in [1.165, 1.54) is 17.7 Å². The molecule has 0 aromatic carbocycles. The van der Waals surface area contributed by atoms with Gasteiger partial charge < -0.3 is 34.2 Å². The van der Waals surface area contributed by atoms with E-state index >= 15 is 0 Å². The smallest absolute Gasteiger partial charge is 0.410 e. The zero-order chi connectivity index (χ0) is 35.1. The van der Waals surface area contributed by atoms with Crippen molar-refractivity contribution >= 4 is 18.2 Å². The topological polar surface area (TPSA) is 126 Å². The summed E-state index contributed by atoms with van der Waals surface area (Å²) in [6.07, 6.45) is 7.09. The Kier molecular flexibility index (Phi) is 7.62. The molecule has 49 heavy (non-hydrogen) atoms. The Bertz CT molecular complexity index is 1390. The molecule has 8 fully saturated rings. The molecule has 3 heterocycles. The minimum Gasteiger partial charge on any atom is -0.481 e. The maximum absolute atomic E-state index is 13.1. The Balaban J connectivity index is 1.01. The van der Waals surface area contributed by atoms with E-state index in [0.717, 1.165) is 58.0 Å². The maximum Gasteiger partial charge on any atom is 0.410 e. The minimum absolute atomic E-state index is 0.0527. The Morgan fingerprint density at radius 2 is 1.57 bits per heavy atom. The molecule has 3 saturated heterocycles. The number of fused-ring (bicyclic) bond motifs is 4. The Labute approximate surface area is 291 Å². The number of nitrogens with zero attached hydrogens (tertiary/aromatic N) is 2. The van der Waals surface area contributed by atoms with E-state index in [1.54, 1.807) is 4.90 Å². The molecule has 0 aromatic heterocycles. The summed E-state index contributed by atoms with van der Waals surface area (Å²) in [6, 6.07) is 0. The average molecular weight is 685 g/mol. The number of hydrogen-bond acceptors (Lipinski definition) is 7. The van der Waals surface area contributed by atoms with Gasteiger partial charge in [-0.2, -0.15) is 0 Å². The van der Waals surface area contributed by atoms with Crippen LogP contribution in [0.2, 0.25) is 0 Å². The minimum atomic E-state index is -0.854. The van der Waals surface area contributed by atoms with Crippen LogP contribution in [0.1, 0.15) is 106 Å². The molecule has 13 unspecified atom stereocenters. The Morgan fingerprint density at radius 3 is 2.20 bits per heavy atom. The van der Waals surface area contributed by atoms with Crippen LogP contribution in [0, 0.1) is 62.6 Å². The Hall–Kier alpha value is -2.07. The summed E-state index contributed by atoms with van der Waals surface area (Å²) in [5.74, 6) is 0.198. The maximum atomic E-state index is 13.1. The summed E-state index contributed by atoms with van der Waals surface area (Å²) >= 11 is 0. The Morgan fingerprint density at radius 1 is 0.898 bits per heavy atom. The highest BCUT2D eigenvalue weighted by Gasteiger charge is 2.84. The van der Waals surface area contributed by atoms with Gasteiger partial charge in [0.15, 0.2) is 0 Å². The summed E-state index contributed by atoms with van der Waals surface area (Å²) in [5, 5.41) is 21.9. The van der Waals surface area contributed by atoms with Crippen LogP contribution in [0.4, 0.5) is 9.59 Å². The number of likely N-dealkylation sites (tertiary alicyclic amines) is 2. The number of aliphatic carboxylic acids is 1. The number of carbonyl (C=O) groups is 3. The van der Waals surface area contributed by atoms with E-state index in [0.29, 0.717) is 17.8 Å². The van der Waals surface area contributed by atoms with Crippen molar-refractivity contribution in [3.8, 4) is 0 Å². The highest BCUT2D eigenvalue weighted by Crippen LogP contribution is 2.89. The number of hydrogen-bond donors (Lipinski definition) is 2. The third-order valence-corrected chi connectivity index (χ3v) is 16.9. The van der Waals surface area contributed by atoms with Crippen LogP contribution < -0.4 is 0 Å². The van der Waals surface area contributed by atoms with Crippen LogP contribution in [-0.4, -0.2) is 94.9 Å². The second kappa shape index (κ2) is 11.0. The van der Waals surface area contributed by atoms with Gasteiger partial charge in [-0.05, 0) is 104 Å². The third kappa shape index (κ3) is 4.40. The van der Waals surface area contributed by atoms with Crippen molar-refractivity contribution < 1.29 is 38.8 Å². The van der Waals surface area contributed by atoms with Crippen molar-refractivity contribution in [2.24, 2.45) is 62.6 Å². The van der Waals surface area contributed by atoms with E-state index < -0.39 is 18.0 Å². The van der Waals surface area contributed by atoms with Crippen LogP contribution in [0.15, 0.2) is 0 Å². The van der Waals surface area contributed by atoms with E-state index in [-0.39, 0.29) is 88.6 Å². The number of ether oxygens (including phenoxy) is 3. The first-order valence-corrected chi connectivity index (χ1v) is 19.5. The fourth-order valence-electron chi connectivity index (χ4n) is 14.0. The SMILES string of the molecule is CC(C)C(OC(=O)N1CCC1)C1CC(C)C2C(O1)C(O)C1(C)C3CCC4C(C)(C)C(OC(=O)N5CC(C(=O)O)C5)CCC45CC35CCC21C. The molecule has 274 valence electrons. The second-order valence-electron chi connectivity index (χ2n) is 19.3. The summed E-state index contributed by atoms with van der Waals surface area (Å²) in [5.41, 5.74) is -0.136. The molecule has 2 N–H and O–H groups in total. The first kappa shape index (κ1) is 34.0. The molecule has 5 saturated carbocycles. The lowest BCUT2D eigenvalue weighted by molar-refractivity contribution is -0.186. The van der Waals surface area contributed by atoms with Gasteiger partial charge in [0, 0.05) is 37.0 Å². The monoisotopic (exact) mass is 684 g/mol. The largest absolute Gasteiger partial charge is 0.481 e. The standard InChI is InChI=1S/C39H60N2O8/c1-21(2)29(49-33(45)40-15-8-16-40)24-17-22(3)28-30(47-24)31(42)37(7)26-10-9-25-35(4,5)27(48-34(46)41-18-23(19-41)32(43)44)11-12-38(25)20-39(26,38)14-13-36(28,37)6/h21-31,42H,8-20H2,1-7H3,(H,43,44). The fraction of sp³-hybridized carbons (Fsp3) is 0.923. The van der Waals surface area contributed by atoms with Crippen molar-refractivity contribution in [2.45, 2.75) is 137 Å². The molecular weight excluding hydrogens is 624 g/mol. The highest BCUT2D eigenvalue weighted by molar-refractivity contribution is 5.76. The normalized spacial score (nSPS) is 48.4. The van der Waals surface area contributed by atoms with Gasteiger partial charge in [-0.25, -0.2) is 9.59 Å². The molecule has 2 amide bonds. The van der Waals surface area contributed by atoms with Crippen LogP contribution in [-0.2, 0) is 19.0 Å². The summed E-state index contributed by atoms with van der Waals surface area (Å²) in [4.78, 5) is 40.6. The molecule has 2 spiro atoms. The van der Waals surface area contributed by atoms with Crippen molar-refractivity contribution in [3.05, 3.63) is 0 Å². The summed E-state index contributed by atoms with van der Waals surface area (Å²) in [7, 11) is 0. The van der Waals surface area contributed by atoms with Crippen molar-refractivity contribution in [3.63, 3.8) is 0 Å². The lowest BCUT2D eigenvalue weighted by atomic mass is 9.41. The molecule has 3 aliphatic heterocycles. The van der Waals surface area contributed by atoms with Crippen molar-refractivity contribution in [2.75, 3.05) is 26.2 Å². The number of carboxylic acids is 1. The van der Waals surface area contributed by atoms with Gasteiger partial charge in [-0.3, -0.25) is 4.79 Å². The van der Waals surface area contributed by atoms with E-state index in [4.69, 9.17) is 14.2 Å². The van der Waals surface area contributed by atoms with Crippen LogP contribution in [0.25, 0.3) is 0 Å². The molecule has 10 heteroatoms. The van der Waals surface area contributed by atoms with Gasteiger partial charge in [-0.1, -0.05) is 48.5 Å². The fourth-order valence-corrected chi connectivity index (χ4v) is 14.0. The predicted molar refractivity (Wildman–Crippen MR) is 180 cm³/mol. The van der Waals surface area contributed by atoms with E-state index in [2.05, 4.69) is 48.5 Å². The third-order valence-electron chi connectivity index (χ3n) is 16.9. The lowest BCUT2D eigenvalue weighted by Gasteiger charge is -2.63. The zero-order valence-electron chi connectivity index (χ0n) is 30.8. The number of carboxylic acid groups (broad SMARTS) is 1.